The third-order valence-corrected chi connectivity index (χ3v) is 17.5. The number of benzene rings is 7. The summed E-state index contributed by atoms with van der Waals surface area (Å²) >= 11 is 10.4. The van der Waals surface area contributed by atoms with E-state index < -0.39 is 39.8 Å². The number of β-lactam (4-membered cyclic amide) rings is 1. The zero-order chi connectivity index (χ0) is 54.2. The predicted molar refractivity (Wildman–Crippen MR) is 313 cm³/mol. The molecule has 2 amide bonds. The van der Waals surface area contributed by atoms with E-state index in [1.54, 1.807) is 41.8 Å². The van der Waals surface area contributed by atoms with Crippen LogP contribution in [-0.2, 0) is 48.1 Å². The van der Waals surface area contributed by atoms with Crippen LogP contribution in [0.25, 0.3) is 6.08 Å². The van der Waals surface area contributed by atoms with Gasteiger partial charge in [-0.25, -0.2) is 9.97 Å². The number of fused-ring (bicyclic) bond motifs is 1. The van der Waals surface area contributed by atoms with Crippen LogP contribution < -0.4 is 15.4 Å². The van der Waals surface area contributed by atoms with Crippen molar-refractivity contribution >= 4 is 80.1 Å². The molecule has 11 rings (SSSR count). The number of anilines is 1. The summed E-state index contributed by atoms with van der Waals surface area (Å²) in [4.78, 5) is 62.5. The minimum absolute atomic E-state index is 0.101. The maximum Gasteiger partial charge on any atom is 0.324 e. The van der Waals surface area contributed by atoms with Crippen molar-refractivity contribution in [3.8, 4) is 5.75 Å². The van der Waals surface area contributed by atoms with Crippen LogP contribution in [0.2, 0.25) is 5.15 Å². The zero-order valence-electron chi connectivity index (χ0n) is 42.6. The van der Waals surface area contributed by atoms with Crippen LogP contribution in [0, 0.1) is 5.41 Å². The molecule has 3 atom stereocenters. The number of hydrogen-bond donors (Lipinski definition) is 2. The fourth-order valence-corrected chi connectivity index (χ4v) is 13.1. The van der Waals surface area contributed by atoms with E-state index in [4.69, 9.17) is 36.1 Å². The maximum atomic E-state index is 15.3. The third kappa shape index (κ3) is 10.6. The van der Waals surface area contributed by atoms with Crippen LogP contribution in [0.1, 0.15) is 49.5 Å². The Labute approximate surface area is 474 Å². The number of oxime groups is 1. The number of nitrogens with zero attached hydrogens (tertiary/aromatic N) is 4. The minimum atomic E-state index is -1.75. The van der Waals surface area contributed by atoms with Gasteiger partial charge in [-0.3, -0.25) is 14.4 Å². The number of halogens is 1. The van der Waals surface area contributed by atoms with Crippen molar-refractivity contribution in [2.75, 3.05) is 19.0 Å². The number of thioether (sulfide) groups is 1. The molecule has 12 nitrogen and oxygen atoms in total. The molecule has 0 radical (unpaired) electrons. The van der Waals surface area contributed by atoms with Gasteiger partial charge in [0.05, 0.1) is 29.6 Å². The molecular weight excluding hydrogens is 1070 g/mol. The summed E-state index contributed by atoms with van der Waals surface area (Å²) in [5.41, 5.74) is 4.27. The van der Waals surface area contributed by atoms with Gasteiger partial charge in [-0.15, -0.1) is 22.7 Å². The molecular formula is C63H51ClN6O6S3. The number of ether oxygens (including phenoxy) is 2. The van der Waals surface area contributed by atoms with Crippen molar-refractivity contribution in [1.29, 1.82) is 0 Å². The number of nitrogens with one attached hydrogen (secondary N) is 2. The van der Waals surface area contributed by atoms with Gasteiger partial charge in [-0.2, -0.15) is 0 Å². The molecule has 79 heavy (non-hydrogen) atoms. The Hall–Kier alpha value is -8.34. The van der Waals surface area contributed by atoms with E-state index in [2.05, 4.69) is 52.0 Å². The molecule has 16 heteroatoms. The second kappa shape index (κ2) is 23.3. The van der Waals surface area contributed by atoms with Crippen molar-refractivity contribution in [2.45, 2.75) is 35.6 Å². The Morgan fingerprint density at radius 1 is 0.734 bits per heavy atom. The van der Waals surface area contributed by atoms with Gasteiger partial charge in [-0.05, 0) is 40.5 Å². The maximum absolute atomic E-state index is 15.3. The van der Waals surface area contributed by atoms with Crippen molar-refractivity contribution in [3.63, 3.8) is 0 Å². The lowest BCUT2D eigenvalue weighted by molar-refractivity contribution is -0.157. The largest absolute Gasteiger partial charge is 0.497 e. The normalized spacial score (nSPS) is 17.6. The quantitative estimate of drug-likeness (QED) is 0.0347. The molecule has 4 heterocycles. The molecule has 2 fully saturated rings. The lowest BCUT2D eigenvalue weighted by Crippen LogP contribution is -2.74. The first-order chi connectivity index (χ1) is 38.7. The first-order valence-corrected chi connectivity index (χ1v) is 28.4. The first-order valence-electron chi connectivity index (χ1n) is 25.4. The summed E-state index contributed by atoms with van der Waals surface area (Å²) in [6.07, 6.45) is 3.26. The van der Waals surface area contributed by atoms with E-state index in [1.807, 2.05) is 163 Å². The summed E-state index contributed by atoms with van der Waals surface area (Å²) in [5.74, 6) is -0.831. The summed E-state index contributed by atoms with van der Waals surface area (Å²) in [6, 6.07) is 66.1. The average Bonchev–Trinajstić information content (AvgIpc) is 4.28. The van der Waals surface area contributed by atoms with Gasteiger partial charge in [-0.1, -0.05) is 229 Å². The van der Waals surface area contributed by atoms with Crippen molar-refractivity contribution < 1.29 is 28.7 Å². The van der Waals surface area contributed by atoms with Crippen LogP contribution in [0.4, 0.5) is 5.13 Å². The summed E-state index contributed by atoms with van der Waals surface area (Å²) < 4.78 is 11.6. The van der Waals surface area contributed by atoms with Crippen molar-refractivity contribution in [3.05, 3.63) is 278 Å². The predicted octanol–water partition coefficient (Wildman–Crippen LogP) is 12.4. The van der Waals surface area contributed by atoms with Crippen LogP contribution in [-0.4, -0.2) is 62.8 Å². The van der Waals surface area contributed by atoms with E-state index in [0.29, 0.717) is 27.0 Å². The smallest absolute Gasteiger partial charge is 0.324 e. The van der Waals surface area contributed by atoms with Gasteiger partial charge in [0.1, 0.15) is 39.5 Å². The van der Waals surface area contributed by atoms with Gasteiger partial charge >= 0.3 is 5.97 Å². The molecule has 0 bridgehead atoms. The lowest BCUT2D eigenvalue weighted by Gasteiger charge is -2.53. The number of carbonyl (C=O) groups is 3. The van der Waals surface area contributed by atoms with Gasteiger partial charge in [0.2, 0.25) is 17.4 Å². The molecule has 2 N–H and O–H groups in total. The number of aromatic nitrogens is 2. The molecule has 2 aliphatic rings. The number of hydrogen-bond acceptors (Lipinski definition) is 13. The molecule has 2 saturated heterocycles. The second-order valence-corrected chi connectivity index (χ2v) is 22.0. The van der Waals surface area contributed by atoms with Gasteiger partial charge in [0.25, 0.3) is 0 Å². The highest BCUT2D eigenvalue weighted by atomic mass is 35.5. The molecule has 2 aromatic heterocycles. The van der Waals surface area contributed by atoms with Crippen molar-refractivity contribution in [2.24, 2.45) is 10.6 Å². The zero-order valence-corrected chi connectivity index (χ0v) is 45.8. The molecule has 0 spiro atoms. The molecule has 0 aliphatic carbocycles. The van der Waals surface area contributed by atoms with Gasteiger partial charge in [0, 0.05) is 28.6 Å². The van der Waals surface area contributed by atoms with E-state index >= 15 is 4.79 Å². The number of methoxy groups -OCH3 is 1. The highest BCUT2D eigenvalue weighted by Crippen LogP contribution is 2.49. The molecule has 7 aromatic carbocycles. The topological polar surface area (TPSA) is 144 Å². The molecule has 394 valence electrons. The van der Waals surface area contributed by atoms with E-state index in [0.717, 1.165) is 45.1 Å². The Kier molecular flexibility index (Phi) is 15.6. The van der Waals surface area contributed by atoms with Crippen LogP contribution in [0.3, 0.4) is 0 Å². The highest BCUT2D eigenvalue weighted by molar-refractivity contribution is 8.14. The van der Waals surface area contributed by atoms with Crippen LogP contribution in [0.5, 0.6) is 5.75 Å². The number of thiazole rings is 2. The van der Waals surface area contributed by atoms with Crippen LogP contribution >= 0.6 is 46.0 Å². The van der Waals surface area contributed by atoms with Crippen LogP contribution in [0.15, 0.2) is 228 Å². The average molecular weight is 1120 g/mol. The SMILES string of the molecule is COc1ccc(COC(=O)C2(C=Cc3scnc3Cl)CN3C(=O)C(NC(=O)Cc4csc(NC(c5ccccc5)(c5ccccc5)c5ccccc5)n4)[C@H]3SC2=NOC(c2ccccc2)(c2ccccc2)c2ccccc2)cc1. The van der Waals surface area contributed by atoms with Gasteiger partial charge < -0.3 is 29.8 Å². The summed E-state index contributed by atoms with van der Waals surface area (Å²) in [5, 5.41) is 14.1. The monoisotopic (exact) mass is 1120 g/mol. The fourth-order valence-electron chi connectivity index (χ4n) is 10.1. The minimum Gasteiger partial charge on any atom is -0.497 e. The standard InChI is InChI=1S/C63H51ClN6O6S3/c1-74-51-34-32-43(33-35-51)39-75-59(73)61(37-36-52-55(64)65-42-78-52)41-70-56(72)54(57(70)79-58(61)69-76-63(47-26-14-5-15-27-47,48-28-16-6-17-29-48)49-30-18-7-19-31-49)67-53(71)38-50-40-77-60(66-50)68-62(44-20-8-2-9-21-44,45-22-10-3-11-23-45)46-24-12-4-13-25-46/h2-37,40,42,54,57H,38-39,41H2,1H3,(H,66,68)(H,67,71)/t54?,57-,61?/m1/s1. The Morgan fingerprint density at radius 2 is 1.25 bits per heavy atom. The number of esters is 1. The lowest BCUT2D eigenvalue weighted by atomic mass is 9.77. The Bertz CT molecular complexity index is 3420. The Balaban J connectivity index is 0.933. The molecule has 2 aliphatic heterocycles. The Morgan fingerprint density at radius 3 is 1.75 bits per heavy atom. The van der Waals surface area contributed by atoms with E-state index in [9.17, 15) is 9.59 Å². The second-order valence-electron chi connectivity index (χ2n) is 18.8. The molecule has 2 unspecified atom stereocenters. The van der Waals surface area contributed by atoms with E-state index in [1.165, 1.54) is 22.7 Å². The van der Waals surface area contributed by atoms with Gasteiger partial charge in [0.15, 0.2) is 10.5 Å². The van der Waals surface area contributed by atoms with Crippen molar-refractivity contribution in [1.82, 2.24) is 20.2 Å². The summed E-state index contributed by atoms with van der Waals surface area (Å²) in [6.45, 7) is -0.301. The summed E-state index contributed by atoms with van der Waals surface area (Å²) in [7, 11) is 1.58. The molecule has 0 saturated carbocycles. The molecule has 9 aromatic rings. The number of amides is 2. The van der Waals surface area contributed by atoms with E-state index in [-0.39, 0.29) is 35.7 Å². The first kappa shape index (κ1) is 52.7. The number of rotatable bonds is 19. The third-order valence-electron chi connectivity index (χ3n) is 14.1. The highest BCUT2D eigenvalue weighted by Gasteiger charge is 2.61. The fraction of sp³-hybridized carbons (Fsp3) is 0.143. The number of carbonyl (C=O) groups excluding carboxylic acids is 3.